The van der Waals surface area contributed by atoms with Gasteiger partial charge < -0.3 is 4.57 Å². The molecular weight excluding hydrogens is 258 g/mol. The van der Waals surface area contributed by atoms with Crippen molar-refractivity contribution in [2.24, 2.45) is 12.1 Å². The highest BCUT2D eigenvalue weighted by Gasteiger charge is 2.05. The predicted octanol–water partition coefficient (Wildman–Crippen LogP) is 2.39. The molecule has 20 heavy (non-hydrogen) atoms. The first-order chi connectivity index (χ1) is 9.49. The van der Waals surface area contributed by atoms with Gasteiger partial charge in [0.05, 0.1) is 11.1 Å². The number of aryl methyl sites for hydroxylation is 1. The Morgan fingerprint density at radius 3 is 2.70 bits per heavy atom. The molecule has 0 aliphatic rings. The molecule has 0 aliphatic carbocycles. The molecule has 0 bridgehead atoms. The lowest BCUT2D eigenvalue weighted by Crippen LogP contribution is -1.96. The summed E-state index contributed by atoms with van der Waals surface area (Å²) in [6, 6.07) is 4.92. The zero-order chi connectivity index (χ0) is 14.7. The Labute approximate surface area is 116 Å². The van der Waals surface area contributed by atoms with E-state index >= 15 is 0 Å². The molecule has 0 unspecified atom stereocenters. The summed E-state index contributed by atoms with van der Waals surface area (Å²) >= 11 is 0. The highest BCUT2D eigenvalue weighted by atomic mass is 16.6. The SMILES string of the molecule is Cc1cc(/C=N\Nc2ccc([N+](=O)[O-])cn2)c(C)n1C. The second-order valence-electron chi connectivity index (χ2n) is 4.41. The Kier molecular flexibility index (Phi) is 3.79. The number of anilines is 1. The Hall–Kier alpha value is -2.70. The summed E-state index contributed by atoms with van der Waals surface area (Å²) in [7, 11) is 1.99. The first-order valence-electron chi connectivity index (χ1n) is 6.01. The zero-order valence-corrected chi connectivity index (χ0v) is 11.5. The molecule has 2 rings (SSSR count). The molecule has 0 radical (unpaired) electrons. The maximum absolute atomic E-state index is 10.5. The maximum Gasteiger partial charge on any atom is 0.287 e. The van der Waals surface area contributed by atoms with Crippen LogP contribution in [0.5, 0.6) is 0 Å². The topological polar surface area (TPSA) is 85.3 Å². The van der Waals surface area contributed by atoms with Crippen LogP contribution in [0, 0.1) is 24.0 Å². The van der Waals surface area contributed by atoms with Crippen LogP contribution in [0.25, 0.3) is 0 Å². The Balaban J connectivity index is 2.06. The van der Waals surface area contributed by atoms with E-state index in [0.29, 0.717) is 5.82 Å². The number of aromatic nitrogens is 2. The maximum atomic E-state index is 10.5. The number of hydrazone groups is 1. The van der Waals surface area contributed by atoms with Gasteiger partial charge >= 0.3 is 0 Å². The van der Waals surface area contributed by atoms with Crippen molar-refractivity contribution in [1.29, 1.82) is 0 Å². The molecule has 0 spiro atoms. The molecule has 0 atom stereocenters. The number of nitro groups is 1. The predicted molar refractivity (Wildman–Crippen MR) is 77.0 cm³/mol. The molecule has 2 aromatic heterocycles. The molecule has 0 aromatic carbocycles. The Morgan fingerprint density at radius 1 is 1.45 bits per heavy atom. The highest BCUT2D eigenvalue weighted by molar-refractivity contribution is 5.82. The summed E-state index contributed by atoms with van der Waals surface area (Å²) in [5, 5.41) is 14.6. The standard InChI is InChI=1S/C13H15N5O2/c1-9-6-11(10(2)17(9)3)7-15-16-13-5-4-12(8-14-13)18(19)20/h4-8H,1-3H3,(H,14,16)/b15-7-. The van der Waals surface area contributed by atoms with E-state index in [-0.39, 0.29) is 5.69 Å². The summed E-state index contributed by atoms with van der Waals surface area (Å²) in [4.78, 5) is 13.9. The van der Waals surface area contributed by atoms with Gasteiger partial charge in [0.1, 0.15) is 12.0 Å². The third kappa shape index (κ3) is 2.82. The van der Waals surface area contributed by atoms with Crippen molar-refractivity contribution in [2.45, 2.75) is 13.8 Å². The van der Waals surface area contributed by atoms with Crippen LogP contribution in [-0.4, -0.2) is 20.7 Å². The minimum atomic E-state index is -0.490. The largest absolute Gasteiger partial charge is 0.352 e. The third-order valence-corrected chi connectivity index (χ3v) is 3.16. The summed E-state index contributed by atoms with van der Waals surface area (Å²) < 4.78 is 2.07. The van der Waals surface area contributed by atoms with E-state index in [4.69, 9.17) is 0 Å². The van der Waals surface area contributed by atoms with Crippen molar-refractivity contribution in [3.05, 3.63) is 51.5 Å². The molecule has 0 saturated carbocycles. The molecule has 1 N–H and O–H groups in total. The number of nitrogens with zero attached hydrogens (tertiary/aromatic N) is 4. The monoisotopic (exact) mass is 273 g/mol. The number of rotatable bonds is 4. The van der Waals surface area contributed by atoms with Gasteiger partial charge in [0.25, 0.3) is 5.69 Å². The van der Waals surface area contributed by atoms with Crippen molar-refractivity contribution >= 4 is 17.7 Å². The molecular formula is C13H15N5O2. The molecule has 0 saturated heterocycles. The van der Waals surface area contributed by atoms with E-state index in [1.165, 1.54) is 18.3 Å². The van der Waals surface area contributed by atoms with Crippen LogP contribution in [0.3, 0.4) is 0 Å². The number of hydrogen-bond donors (Lipinski definition) is 1. The van der Waals surface area contributed by atoms with Crippen LogP contribution >= 0.6 is 0 Å². The fourth-order valence-corrected chi connectivity index (χ4v) is 1.74. The lowest BCUT2D eigenvalue weighted by Gasteiger charge is -1.99. The molecule has 104 valence electrons. The summed E-state index contributed by atoms with van der Waals surface area (Å²) in [5.41, 5.74) is 5.97. The molecule has 0 fully saturated rings. The van der Waals surface area contributed by atoms with Gasteiger partial charge in [0.2, 0.25) is 0 Å². The Morgan fingerprint density at radius 2 is 2.20 bits per heavy atom. The van der Waals surface area contributed by atoms with Crippen LogP contribution in [0.15, 0.2) is 29.5 Å². The minimum absolute atomic E-state index is 0.0472. The lowest BCUT2D eigenvalue weighted by molar-refractivity contribution is -0.385. The van der Waals surface area contributed by atoms with Gasteiger partial charge in [-0.2, -0.15) is 5.10 Å². The van der Waals surface area contributed by atoms with E-state index in [0.717, 1.165) is 17.0 Å². The Bertz CT molecular complexity index is 658. The van der Waals surface area contributed by atoms with Gasteiger partial charge in [0.15, 0.2) is 0 Å². The van der Waals surface area contributed by atoms with Gasteiger partial charge in [-0.05, 0) is 26.0 Å². The van der Waals surface area contributed by atoms with Crippen LogP contribution < -0.4 is 5.43 Å². The van der Waals surface area contributed by atoms with E-state index in [9.17, 15) is 10.1 Å². The van der Waals surface area contributed by atoms with Crippen molar-refractivity contribution in [2.75, 3.05) is 5.43 Å². The summed E-state index contributed by atoms with van der Waals surface area (Å²) in [6.45, 7) is 4.04. The highest BCUT2D eigenvalue weighted by Crippen LogP contribution is 2.13. The average molecular weight is 273 g/mol. The third-order valence-electron chi connectivity index (χ3n) is 3.16. The average Bonchev–Trinajstić information content (AvgIpc) is 2.67. The van der Waals surface area contributed by atoms with Gasteiger partial charge in [-0.1, -0.05) is 0 Å². The normalized spacial score (nSPS) is 10.9. The fourth-order valence-electron chi connectivity index (χ4n) is 1.74. The molecule has 7 heteroatoms. The fraction of sp³-hybridized carbons (Fsp3) is 0.231. The molecule has 0 aliphatic heterocycles. The van der Waals surface area contributed by atoms with E-state index in [1.54, 1.807) is 6.21 Å². The van der Waals surface area contributed by atoms with Crippen molar-refractivity contribution in [3.8, 4) is 0 Å². The number of hydrogen-bond acceptors (Lipinski definition) is 5. The first-order valence-corrected chi connectivity index (χ1v) is 6.01. The number of pyridine rings is 1. The van der Waals surface area contributed by atoms with Crippen LogP contribution in [0.1, 0.15) is 17.0 Å². The van der Waals surface area contributed by atoms with Crippen LogP contribution in [0.4, 0.5) is 11.5 Å². The van der Waals surface area contributed by atoms with E-state index in [1.807, 2.05) is 27.0 Å². The van der Waals surface area contributed by atoms with Crippen LogP contribution in [0.2, 0.25) is 0 Å². The lowest BCUT2D eigenvalue weighted by atomic mass is 10.3. The molecule has 0 amide bonds. The van der Waals surface area contributed by atoms with E-state index < -0.39 is 4.92 Å². The van der Waals surface area contributed by atoms with Gasteiger partial charge in [-0.25, -0.2) is 4.98 Å². The van der Waals surface area contributed by atoms with Crippen molar-refractivity contribution in [3.63, 3.8) is 0 Å². The van der Waals surface area contributed by atoms with E-state index in [2.05, 4.69) is 20.1 Å². The summed E-state index contributed by atoms with van der Waals surface area (Å²) in [5.74, 6) is 0.456. The summed E-state index contributed by atoms with van der Waals surface area (Å²) in [6.07, 6.45) is 2.89. The van der Waals surface area contributed by atoms with Gasteiger partial charge in [0, 0.05) is 30.1 Å². The van der Waals surface area contributed by atoms with Crippen molar-refractivity contribution < 1.29 is 4.92 Å². The molecule has 2 heterocycles. The number of nitrogens with one attached hydrogen (secondary N) is 1. The second kappa shape index (κ2) is 5.52. The molecule has 7 nitrogen and oxygen atoms in total. The van der Waals surface area contributed by atoms with Gasteiger partial charge in [-0.15, -0.1) is 0 Å². The second-order valence-corrected chi connectivity index (χ2v) is 4.41. The quantitative estimate of drug-likeness (QED) is 0.526. The zero-order valence-electron chi connectivity index (χ0n) is 11.5. The first kappa shape index (κ1) is 13.7. The smallest absolute Gasteiger partial charge is 0.287 e. The van der Waals surface area contributed by atoms with Crippen molar-refractivity contribution in [1.82, 2.24) is 9.55 Å². The van der Waals surface area contributed by atoms with Gasteiger partial charge in [-0.3, -0.25) is 15.5 Å². The minimum Gasteiger partial charge on any atom is -0.352 e. The van der Waals surface area contributed by atoms with Crippen LogP contribution in [-0.2, 0) is 7.05 Å². The molecule has 2 aromatic rings.